The van der Waals surface area contributed by atoms with Crippen molar-refractivity contribution in [3.8, 4) is 0 Å². The topological polar surface area (TPSA) is 58.2 Å². The van der Waals surface area contributed by atoms with Gasteiger partial charge in [0.05, 0.1) is 5.75 Å². The van der Waals surface area contributed by atoms with Crippen molar-refractivity contribution in [2.45, 2.75) is 20.4 Å². The van der Waals surface area contributed by atoms with Crippen LogP contribution in [0.5, 0.6) is 0 Å². The van der Waals surface area contributed by atoms with E-state index in [2.05, 4.69) is 28.4 Å². The van der Waals surface area contributed by atoms with Gasteiger partial charge >= 0.3 is 0 Å². The molecule has 2 N–H and O–H groups in total. The van der Waals surface area contributed by atoms with Crippen molar-refractivity contribution in [3.63, 3.8) is 0 Å². The van der Waals surface area contributed by atoms with Gasteiger partial charge in [0.2, 0.25) is 10.0 Å². The second kappa shape index (κ2) is 6.34. The van der Waals surface area contributed by atoms with Gasteiger partial charge in [0.1, 0.15) is 0 Å². The molecule has 1 heterocycles. The van der Waals surface area contributed by atoms with Gasteiger partial charge in [0.15, 0.2) is 0 Å². The molecule has 0 radical (unpaired) electrons. The van der Waals surface area contributed by atoms with Crippen molar-refractivity contribution in [1.82, 2.24) is 10.0 Å². The van der Waals surface area contributed by atoms with Crippen LogP contribution in [0.1, 0.15) is 17.4 Å². The normalized spacial score (nSPS) is 11.9. The lowest BCUT2D eigenvalue weighted by molar-refractivity contribution is 0.577. The summed E-state index contributed by atoms with van der Waals surface area (Å²) in [6, 6.07) is 2.08. The predicted octanol–water partition coefficient (Wildman–Crippen LogP) is 1.09. The Labute approximate surface area is 101 Å². The van der Waals surface area contributed by atoms with Gasteiger partial charge < -0.3 is 5.32 Å². The summed E-state index contributed by atoms with van der Waals surface area (Å²) < 4.78 is 24.7. The molecule has 16 heavy (non-hydrogen) atoms. The van der Waals surface area contributed by atoms with E-state index in [0.717, 1.165) is 6.54 Å². The lowest BCUT2D eigenvalue weighted by Gasteiger charge is -2.05. The van der Waals surface area contributed by atoms with Gasteiger partial charge in [-0.05, 0) is 30.9 Å². The van der Waals surface area contributed by atoms with Crippen LogP contribution >= 0.6 is 11.3 Å². The molecule has 0 unspecified atom stereocenters. The minimum absolute atomic E-state index is 0.136. The van der Waals surface area contributed by atoms with Crippen LogP contribution in [0.25, 0.3) is 0 Å². The molecule has 0 aromatic carbocycles. The van der Waals surface area contributed by atoms with Gasteiger partial charge in [0.25, 0.3) is 0 Å². The molecule has 0 amide bonds. The first kappa shape index (κ1) is 13.6. The van der Waals surface area contributed by atoms with Crippen LogP contribution < -0.4 is 10.0 Å². The molecule has 0 fully saturated rings. The second-order valence-electron chi connectivity index (χ2n) is 3.50. The third-order valence-corrected chi connectivity index (χ3v) is 4.68. The number of thiophene rings is 1. The van der Waals surface area contributed by atoms with Gasteiger partial charge in [0, 0.05) is 24.5 Å². The van der Waals surface area contributed by atoms with E-state index in [4.69, 9.17) is 0 Å². The van der Waals surface area contributed by atoms with Crippen molar-refractivity contribution in [2.75, 3.05) is 18.8 Å². The number of nitrogens with one attached hydrogen (secondary N) is 2. The number of aryl methyl sites for hydroxylation is 1. The third-order valence-electron chi connectivity index (χ3n) is 2.26. The van der Waals surface area contributed by atoms with Crippen molar-refractivity contribution >= 4 is 21.4 Å². The van der Waals surface area contributed by atoms with E-state index in [-0.39, 0.29) is 5.75 Å². The molecule has 0 saturated carbocycles. The second-order valence-corrected chi connectivity index (χ2v) is 6.60. The van der Waals surface area contributed by atoms with Gasteiger partial charge in [-0.1, -0.05) is 0 Å². The largest absolute Gasteiger partial charge is 0.311 e. The van der Waals surface area contributed by atoms with Crippen molar-refractivity contribution < 1.29 is 8.42 Å². The van der Waals surface area contributed by atoms with E-state index >= 15 is 0 Å². The van der Waals surface area contributed by atoms with Crippen LogP contribution in [0.3, 0.4) is 0 Å². The SMILES string of the molecule is CCS(=O)(=O)NCCNCc1sccc1C. The van der Waals surface area contributed by atoms with Gasteiger partial charge in [-0.15, -0.1) is 11.3 Å². The molecular formula is C10H18N2O2S2. The van der Waals surface area contributed by atoms with Crippen LogP contribution in [0.4, 0.5) is 0 Å². The fourth-order valence-electron chi connectivity index (χ4n) is 1.18. The zero-order valence-electron chi connectivity index (χ0n) is 9.62. The molecule has 0 aliphatic rings. The maximum Gasteiger partial charge on any atom is 0.211 e. The first-order chi connectivity index (χ1) is 7.55. The van der Waals surface area contributed by atoms with Crippen LogP contribution in [0.2, 0.25) is 0 Å². The van der Waals surface area contributed by atoms with Gasteiger partial charge in [-0.3, -0.25) is 0 Å². The Kier molecular flexibility index (Phi) is 5.40. The number of hydrogen-bond donors (Lipinski definition) is 2. The molecule has 92 valence electrons. The molecule has 0 saturated heterocycles. The molecule has 0 aliphatic carbocycles. The molecule has 6 heteroatoms. The molecule has 0 bridgehead atoms. The molecule has 1 rings (SSSR count). The fraction of sp³-hybridized carbons (Fsp3) is 0.600. The summed E-state index contributed by atoms with van der Waals surface area (Å²) in [5, 5.41) is 5.27. The standard InChI is InChI=1S/C10H18N2O2S2/c1-3-16(13,14)12-6-5-11-8-10-9(2)4-7-15-10/h4,7,11-12H,3,5-6,8H2,1-2H3. The Morgan fingerprint density at radius 1 is 1.38 bits per heavy atom. The number of rotatable bonds is 7. The van der Waals surface area contributed by atoms with E-state index in [1.807, 2.05) is 0 Å². The molecule has 0 spiro atoms. The van der Waals surface area contributed by atoms with E-state index < -0.39 is 10.0 Å². The molecule has 1 aromatic rings. The number of sulfonamides is 1. The van der Waals surface area contributed by atoms with Crippen LogP contribution in [-0.2, 0) is 16.6 Å². The monoisotopic (exact) mass is 262 g/mol. The maximum atomic E-state index is 11.1. The van der Waals surface area contributed by atoms with E-state index in [1.165, 1.54) is 10.4 Å². The Morgan fingerprint density at radius 3 is 2.69 bits per heavy atom. The average molecular weight is 262 g/mol. The molecule has 0 atom stereocenters. The lowest BCUT2D eigenvalue weighted by atomic mass is 10.3. The minimum Gasteiger partial charge on any atom is -0.311 e. The summed E-state index contributed by atoms with van der Waals surface area (Å²) in [6.45, 7) is 5.60. The quantitative estimate of drug-likeness (QED) is 0.723. The summed E-state index contributed by atoms with van der Waals surface area (Å²) in [5.74, 6) is 0.136. The van der Waals surface area contributed by atoms with E-state index in [0.29, 0.717) is 13.1 Å². The Balaban J connectivity index is 2.16. The first-order valence-electron chi connectivity index (χ1n) is 5.26. The zero-order chi connectivity index (χ0) is 12.0. The van der Waals surface area contributed by atoms with Gasteiger partial charge in [-0.2, -0.15) is 0 Å². The minimum atomic E-state index is -3.05. The van der Waals surface area contributed by atoms with E-state index in [9.17, 15) is 8.42 Å². The summed E-state index contributed by atoms with van der Waals surface area (Å²) >= 11 is 1.72. The highest BCUT2D eigenvalue weighted by molar-refractivity contribution is 7.89. The molecule has 4 nitrogen and oxygen atoms in total. The number of hydrogen-bond acceptors (Lipinski definition) is 4. The molecule has 0 aliphatic heterocycles. The highest BCUT2D eigenvalue weighted by Crippen LogP contribution is 2.14. The lowest BCUT2D eigenvalue weighted by Crippen LogP contribution is -2.32. The average Bonchev–Trinajstić information content (AvgIpc) is 2.64. The van der Waals surface area contributed by atoms with Crippen LogP contribution in [0.15, 0.2) is 11.4 Å². The summed E-state index contributed by atoms with van der Waals surface area (Å²) in [6.07, 6.45) is 0. The maximum absolute atomic E-state index is 11.1. The zero-order valence-corrected chi connectivity index (χ0v) is 11.2. The molecular weight excluding hydrogens is 244 g/mol. The van der Waals surface area contributed by atoms with Crippen LogP contribution in [-0.4, -0.2) is 27.3 Å². The van der Waals surface area contributed by atoms with E-state index in [1.54, 1.807) is 18.3 Å². The third kappa shape index (κ3) is 4.61. The van der Waals surface area contributed by atoms with Crippen LogP contribution in [0, 0.1) is 6.92 Å². The summed E-state index contributed by atoms with van der Waals surface area (Å²) in [7, 11) is -3.05. The highest BCUT2D eigenvalue weighted by atomic mass is 32.2. The Morgan fingerprint density at radius 2 is 2.12 bits per heavy atom. The van der Waals surface area contributed by atoms with Crippen molar-refractivity contribution in [2.24, 2.45) is 0 Å². The Hall–Kier alpha value is -0.430. The highest BCUT2D eigenvalue weighted by Gasteiger charge is 2.04. The predicted molar refractivity (Wildman–Crippen MR) is 68.2 cm³/mol. The Bertz CT molecular complexity index is 412. The van der Waals surface area contributed by atoms with Crippen molar-refractivity contribution in [3.05, 3.63) is 21.9 Å². The molecule has 1 aromatic heterocycles. The fourth-order valence-corrected chi connectivity index (χ4v) is 2.68. The van der Waals surface area contributed by atoms with Gasteiger partial charge in [-0.25, -0.2) is 13.1 Å². The summed E-state index contributed by atoms with van der Waals surface area (Å²) in [5.41, 5.74) is 1.28. The smallest absolute Gasteiger partial charge is 0.211 e. The van der Waals surface area contributed by atoms with Crippen molar-refractivity contribution in [1.29, 1.82) is 0 Å². The first-order valence-corrected chi connectivity index (χ1v) is 7.79. The summed E-state index contributed by atoms with van der Waals surface area (Å²) in [4.78, 5) is 1.30.